The van der Waals surface area contributed by atoms with Crippen molar-refractivity contribution in [2.24, 2.45) is 0 Å². The monoisotopic (exact) mass is 614 g/mol. The van der Waals surface area contributed by atoms with Crippen molar-refractivity contribution in [1.82, 2.24) is 9.88 Å². The van der Waals surface area contributed by atoms with Gasteiger partial charge in [0.15, 0.2) is 0 Å². The van der Waals surface area contributed by atoms with Gasteiger partial charge in [-0.05, 0) is 55.5 Å². The van der Waals surface area contributed by atoms with Crippen LogP contribution in [0.15, 0.2) is 72.1 Å². The molecule has 12 heteroatoms. The molecule has 3 aromatic carbocycles. The number of hydrogen-bond acceptors (Lipinski definition) is 9. The van der Waals surface area contributed by atoms with Crippen LogP contribution in [-0.2, 0) is 20.9 Å². The molecular formula is C32H30N4O7S. The number of thiazole rings is 1. The molecule has 0 spiro atoms. The van der Waals surface area contributed by atoms with Crippen LogP contribution in [0.5, 0.6) is 17.2 Å². The molecular weight excluding hydrogens is 584 g/mol. The predicted octanol–water partition coefficient (Wildman–Crippen LogP) is 4.42. The Kier molecular flexibility index (Phi) is 8.91. The van der Waals surface area contributed by atoms with Crippen LogP contribution in [0.4, 0.5) is 11.4 Å². The highest BCUT2D eigenvalue weighted by atomic mass is 32.1. The molecule has 2 heterocycles. The molecule has 11 nitrogen and oxygen atoms in total. The lowest BCUT2D eigenvalue weighted by atomic mass is 10.1. The topological polar surface area (TPSA) is 127 Å². The Morgan fingerprint density at radius 1 is 0.955 bits per heavy atom. The summed E-state index contributed by atoms with van der Waals surface area (Å²) < 4.78 is 15.9. The summed E-state index contributed by atoms with van der Waals surface area (Å²) >= 11 is 1.34. The van der Waals surface area contributed by atoms with E-state index in [4.69, 9.17) is 19.2 Å². The van der Waals surface area contributed by atoms with Crippen molar-refractivity contribution < 1.29 is 33.4 Å². The zero-order chi connectivity index (χ0) is 31.4. The molecule has 3 amide bonds. The number of carbonyl (C=O) groups excluding carboxylic acids is 4. The molecule has 1 unspecified atom stereocenters. The highest BCUT2D eigenvalue weighted by molar-refractivity contribution is 7.09. The largest absolute Gasteiger partial charge is 0.497 e. The summed E-state index contributed by atoms with van der Waals surface area (Å²) in [6, 6.07) is 17.9. The molecule has 0 bridgehead atoms. The van der Waals surface area contributed by atoms with Crippen LogP contribution in [0.25, 0.3) is 11.3 Å². The standard InChI is InChI=1S/C32H30N4O7S/c1-19(31(39)34-24-14-13-22(42-3)15-27(24)43-4)35(16-28-33-25(18-44-28)20-9-11-21(41-2)12-10-20)29(37)17-36-26-8-6-5-7-23(26)30(38)32(36)40/h5-15,18-19H,16-17H2,1-4H3,(H,34,39). The summed E-state index contributed by atoms with van der Waals surface area (Å²) in [5.74, 6) is -0.856. The SMILES string of the molecule is COc1ccc(-c2csc(CN(C(=O)CN3C(=O)C(=O)c4ccccc43)C(C)C(=O)Nc3ccc(OC)cc3OC)n2)cc1. The molecule has 0 aliphatic carbocycles. The average Bonchev–Trinajstić information content (AvgIpc) is 3.62. The Bertz CT molecular complexity index is 1720. The van der Waals surface area contributed by atoms with Gasteiger partial charge < -0.3 is 24.4 Å². The number of rotatable bonds is 11. The number of aromatic nitrogens is 1. The molecule has 1 atom stereocenters. The van der Waals surface area contributed by atoms with E-state index in [-0.39, 0.29) is 12.1 Å². The van der Waals surface area contributed by atoms with Crippen LogP contribution in [0.2, 0.25) is 0 Å². The van der Waals surface area contributed by atoms with Crippen LogP contribution >= 0.6 is 11.3 Å². The van der Waals surface area contributed by atoms with Crippen molar-refractivity contribution in [2.75, 3.05) is 38.1 Å². The molecule has 226 valence electrons. The molecule has 5 rings (SSSR count). The fraction of sp³-hybridized carbons (Fsp3) is 0.219. The summed E-state index contributed by atoms with van der Waals surface area (Å²) in [5, 5.41) is 5.27. The van der Waals surface area contributed by atoms with Crippen molar-refractivity contribution in [3.05, 3.63) is 82.7 Å². The Labute approximate surface area is 258 Å². The molecule has 1 N–H and O–H groups in total. The number of nitrogens with one attached hydrogen (secondary N) is 1. The van der Waals surface area contributed by atoms with Crippen LogP contribution in [0, 0.1) is 0 Å². The van der Waals surface area contributed by atoms with Crippen LogP contribution < -0.4 is 24.4 Å². The molecule has 4 aromatic rings. The van der Waals surface area contributed by atoms with Gasteiger partial charge in [-0.15, -0.1) is 11.3 Å². The van der Waals surface area contributed by atoms with Crippen molar-refractivity contribution in [1.29, 1.82) is 0 Å². The fourth-order valence-corrected chi connectivity index (χ4v) is 5.58. The third kappa shape index (κ3) is 6.11. The minimum absolute atomic E-state index is 0.00832. The number of benzene rings is 3. The van der Waals surface area contributed by atoms with E-state index < -0.39 is 36.1 Å². The smallest absolute Gasteiger partial charge is 0.299 e. The molecule has 1 aliphatic heterocycles. The maximum Gasteiger partial charge on any atom is 0.299 e. The first-order valence-corrected chi connectivity index (χ1v) is 14.5. The summed E-state index contributed by atoms with van der Waals surface area (Å²) in [4.78, 5) is 60.0. The van der Waals surface area contributed by atoms with Gasteiger partial charge in [0, 0.05) is 17.0 Å². The van der Waals surface area contributed by atoms with Gasteiger partial charge in [0.2, 0.25) is 11.8 Å². The number of anilines is 2. The summed E-state index contributed by atoms with van der Waals surface area (Å²) in [6.07, 6.45) is 0. The van der Waals surface area contributed by atoms with Gasteiger partial charge in [0.05, 0.1) is 50.5 Å². The van der Waals surface area contributed by atoms with Gasteiger partial charge >= 0.3 is 0 Å². The van der Waals surface area contributed by atoms with Gasteiger partial charge in [-0.25, -0.2) is 4.98 Å². The number of amides is 3. The molecule has 1 aromatic heterocycles. The highest BCUT2D eigenvalue weighted by Gasteiger charge is 2.38. The third-order valence-electron chi connectivity index (χ3n) is 7.25. The maximum atomic E-state index is 13.9. The molecule has 1 aliphatic rings. The number of para-hydroxylation sites is 1. The first-order chi connectivity index (χ1) is 21.2. The van der Waals surface area contributed by atoms with E-state index in [1.54, 1.807) is 56.5 Å². The normalized spacial score (nSPS) is 12.9. The predicted molar refractivity (Wildman–Crippen MR) is 165 cm³/mol. The van der Waals surface area contributed by atoms with Crippen molar-refractivity contribution in [3.8, 4) is 28.5 Å². The molecule has 0 saturated carbocycles. The zero-order valence-corrected chi connectivity index (χ0v) is 25.3. The molecule has 0 saturated heterocycles. The highest BCUT2D eigenvalue weighted by Crippen LogP contribution is 2.31. The number of ether oxygens (including phenoxy) is 3. The second-order valence-corrected chi connectivity index (χ2v) is 10.8. The Balaban J connectivity index is 1.42. The Morgan fingerprint density at radius 2 is 1.66 bits per heavy atom. The zero-order valence-electron chi connectivity index (χ0n) is 24.5. The Morgan fingerprint density at radius 3 is 2.36 bits per heavy atom. The van der Waals surface area contributed by atoms with Gasteiger partial charge in [0.1, 0.15) is 34.8 Å². The Hall–Kier alpha value is -5.23. The van der Waals surface area contributed by atoms with Gasteiger partial charge in [-0.2, -0.15) is 0 Å². The van der Waals surface area contributed by atoms with Crippen molar-refractivity contribution >= 4 is 46.2 Å². The number of hydrogen-bond donors (Lipinski definition) is 1. The van der Waals surface area contributed by atoms with E-state index in [0.717, 1.165) is 10.5 Å². The van der Waals surface area contributed by atoms with Crippen LogP contribution in [0.1, 0.15) is 22.3 Å². The molecule has 44 heavy (non-hydrogen) atoms. The first-order valence-electron chi connectivity index (χ1n) is 13.6. The first kappa shape index (κ1) is 30.2. The van der Waals surface area contributed by atoms with E-state index in [1.165, 1.54) is 30.5 Å². The molecule has 0 fully saturated rings. The number of carbonyl (C=O) groups is 4. The number of methoxy groups -OCH3 is 3. The number of fused-ring (bicyclic) bond motifs is 1. The number of ketones is 1. The van der Waals surface area contributed by atoms with E-state index in [0.29, 0.717) is 39.3 Å². The minimum atomic E-state index is -0.994. The van der Waals surface area contributed by atoms with E-state index in [1.807, 2.05) is 29.6 Å². The lowest BCUT2D eigenvalue weighted by Gasteiger charge is -2.29. The van der Waals surface area contributed by atoms with E-state index >= 15 is 0 Å². The van der Waals surface area contributed by atoms with E-state index in [9.17, 15) is 19.2 Å². The van der Waals surface area contributed by atoms with Gasteiger partial charge in [-0.1, -0.05) is 12.1 Å². The fourth-order valence-electron chi connectivity index (χ4n) is 4.78. The summed E-state index contributed by atoms with van der Waals surface area (Å²) in [7, 11) is 4.58. The second-order valence-electron chi connectivity index (χ2n) is 9.85. The minimum Gasteiger partial charge on any atom is -0.497 e. The van der Waals surface area contributed by atoms with Gasteiger partial charge in [-0.3, -0.25) is 24.1 Å². The number of nitrogens with zero attached hydrogens (tertiary/aromatic N) is 3. The maximum absolute atomic E-state index is 13.9. The number of Topliss-reactive ketones (excluding diaryl/α,β-unsaturated/α-hetero) is 1. The van der Waals surface area contributed by atoms with Gasteiger partial charge in [0.25, 0.3) is 11.7 Å². The summed E-state index contributed by atoms with van der Waals surface area (Å²) in [6.45, 7) is 1.15. The second kappa shape index (κ2) is 13.0. The quantitative estimate of drug-likeness (QED) is 0.246. The van der Waals surface area contributed by atoms with Crippen LogP contribution in [-0.4, -0.2) is 67.3 Å². The lowest BCUT2D eigenvalue weighted by molar-refractivity contribution is -0.138. The van der Waals surface area contributed by atoms with Crippen molar-refractivity contribution in [3.63, 3.8) is 0 Å². The van der Waals surface area contributed by atoms with E-state index in [2.05, 4.69) is 5.32 Å². The molecule has 0 radical (unpaired) electrons. The third-order valence-corrected chi connectivity index (χ3v) is 8.08. The lowest BCUT2D eigenvalue weighted by Crippen LogP contribution is -2.49. The van der Waals surface area contributed by atoms with Crippen LogP contribution in [0.3, 0.4) is 0 Å². The summed E-state index contributed by atoms with van der Waals surface area (Å²) in [5.41, 5.74) is 2.55. The average molecular weight is 615 g/mol. The van der Waals surface area contributed by atoms with Crippen molar-refractivity contribution in [2.45, 2.75) is 19.5 Å².